The number of nitrogens with one attached hydrogen (secondary N) is 1. The van der Waals surface area contributed by atoms with Gasteiger partial charge in [-0.05, 0) is 64.1 Å². The molecule has 0 saturated carbocycles. The van der Waals surface area contributed by atoms with Crippen molar-refractivity contribution in [1.82, 2.24) is 10.3 Å². The van der Waals surface area contributed by atoms with Crippen molar-refractivity contribution in [3.8, 4) is 5.88 Å². The number of pyridine rings is 1. The Morgan fingerprint density at radius 3 is 2.42 bits per heavy atom. The van der Waals surface area contributed by atoms with E-state index in [1.807, 2.05) is 30.3 Å². The van der Waals surface area contributed by atoms with Crippen LogP contribution in [0.15, 0.2) is 65.6 Å². The van der Waals surface area contributed by atoms with Gasteiger partial charge in [0.15, 0.2) is 4.90 Å². The summed E-state index contributed by atoms with van der Waals surface area (Å²) < 4.78 is 17.3. The van der Waals surface area contributed by atoms with Crippen LogP contribution in [0.25, 0.3) is 0 Å². The van der Waals surface area contributed by atoms with Gasteiger partial charge in [-0.15, -0.1) is 0 Å². The first-order valence-corrected chi connectivity index (χ1v) is 12.5. The first-order valence-electron chi connectivity index (χ1n) is 10.9. The molecular formula is C26H29N3O3S. The van der Waals surface area contributed by atoms with Gasteiger partial charge in [0.05, 0.1) is 6.54 Å². The summed E-state index contributed by atoms with van der Waals surface area (Å²) in [7, 11) is 0. The van der Waals surface area contributed by atoms with Crippen molar-refractivity contribution in [3.63, 3.8) is 0 Å². The lowest BCUT2D eigenvalue weighted by atomic mass is 9.87. The van der Waals surface area contributed by atoms with Crippen LogP contribution in [-0.4, -0.2) is 34.9 Å². The highest BCUT2D eigenvalue weighted by molar-refractivity contribution is 7.90. The monoisotopic (exact) mass is 463 g/mol. The Kier molecular flexibility index (Phi) is 6.63. The summed E-state index contributed by atoms with van der Waals surface area (Å²) in [6.07, 6.45) is 1.64. The third kappa shape index (κ3) is 5.31. The molecule has 4 rings (SSSR count). The molecule has 0 spiro atoms. The Bertz CT molecular complexity index is 1120. The van der Waals surface area contributed by atoms with Crippen molar-refractivity contribution in [1.29, 1.82) is 0 Å². The molecule has 1 aromatic heterocycles. The number of hydrogen-bond donors (Lipinski definition) is 1. The highest BCUT2D eigenvalue weighted by Crippen LogP contribution is 2.36. The van der Waals surface area contributed by atoms with Crippen molar-refractivity contribution in [2.45, 2.75) is 37.6 Å². The molecule has 172 valence electrons. The SMILES string of the molecule is C[S+]([O-])c1ccc(CNC(=O)c2ccc3c(n2)OCCN3c2ccc(C(C)(C)C)cc2)cc1. The molecule has 1 aliphatic rings. The molecule has 1 unspecified atom stereocenters. The highest BCUT2D eigenvalue weighted by Gasteiger charge is 2.23. The fourth-order valence-corrected chi connectivity index (χ4v) is 4.23. The lowest BCUT2D eigenvalue weighted by molar-refractivity contribution is 0.0944. The zero-order valence-corrected chi connectivity index (χ0v) is 20.2. The molecule has 1 amide bonds. The topological polar surface area (TPSA) is 77.5 Å². The molecule has 2 heterocycles. The van der Waals surface area contributed by atoms with E-state index in [0.29, 0.717) is 31.3 Å². The Labute approximate surface area is 198 Å². The molecule has 1 aliphatic heterocycles. The number of rotatable bonds is 5. The third-order valence-electron chi connectivity index (χ3n) is 5.67. The van der Waals surface area contributed by atoms with Crippen LogP contribution < -0.4 is 15.0 Å². The average Bonchev–Trinajstić information content (AvgIpc) is 2.81. The predicted molar refractivity (Wildman–Crippen MR) is 132 cm³/mol. The van der Waals surface area contributed by atoms with Gasteiger partial charge in [0.2, 0.25) is 5.88 Å². The second-order valence-corrected chi connectivity index (χ2v) is 10.5. The minimum absolute atomic E-state index is 0.0993. The summed E-state index contributed by atoms with van der Waals surface area (Å²) in [6.45, 7) is 8.17. The van der Waals surface area contributed by atoms with Gasteiger partial charge in [-0.3, -0.25) is 4.79 Å². The molecular weight excluding hydrogens is 434 g/mol. The summed E-state index contributed by atoms with van der Waals surface area (Å²) in [5.74, 6) is 0.194. The Balaban J connectivity index is 1.46. The van der Waals surface area contributed by atoms with Crippen LogP contribution in [0.5, 0.6) is 5.88 Å². The second-order valence-electron chi connectivity index (χ2n) is 9.10. The standard InChI is InChI=1S/C26H29N3O3S/c1-26(2,3)19-7-9-20(10-8-19)29-15-16-32-25-23(29)14-13-22(28-25)24(30)27-17-18-5-11-21(12-6-18)33(4)31/h5-14H,15-17H2,1-4H3,(H,27,30). The number of carbonyl (C=O) groups is 1. The average molecular weight is 464 g/mol. The predicted octanol–water partition coefficient (Wildman–Crippen LogP) is 4.58. The van der Waals surface area contributed by atoms with Crippen molar-refractivity contribution in [2.24, 2.45) is 0 Å². The lowest BCUT2D eigenvalue weighted by Crippen LogP contribution is -2.30. The van der Waals surface area contributed by atoms with E-state index in [1.165, 1.54) is 5.56 Å². The van der Waals surface area contributed by atoms with Gasteiger partial charge in [0.25, 0.3) is 5.91 Å². The summed E-state index contributed by atoms with van der Waals surface area (Å²) in [4.78, 5) is 20.1. The third-order valence-corrected chi connectivity index (χ3v) is 6.61. The van der Waals surface area contributed by atoms with E-state index < -0.39 is 11.2 Å². The molecule has 1 atom stereocenters. The number of ether oxygens (including phenoxy) is 1. The lowest BCUT2D eigenvalue weighted by Gasteiger charge is -2.31. The molecule has 33 heavy (non-hydrogen) atoms. The smallest absolute Gasteiger partial charge is 0.270 e. The Hall–Kier alpha value is -3.03. The zero-order chi connectivity index (χ0) is 23.6. The maximum atomic E-state index is 12.7. The molecule has 0 aliphatic carbocycles. The maximum absolute atomic E-state index is 12.7. The van der Waals surface area contributed by atoms with Gasteiger partial charge >= 0.3 is 0 Å². The van der Waals surface area contributed by atoms with E-state index in [4.69, 9.17) is 4.74 Å². The maximum Gasteiger partial charge on any atom is 0.270 e. The van der Waals surface area contributed by atoms with Crippen LogP contribution >= 0.6 is 0 Å². The second kappa shape index (κ2) is 9.45. The van der Waals surface area contributed by atoms with E-state index in [0.717, 1.165) is 21.8 Å². The van der Waals surface area contributed by atoms with Gasteiger partial charge in [0, 0.05) is 12.2 Å². The number of hydrogen-bond acceptors (Lipinski definition) is 5. The number of amides is 1. The molecule has 7 heteroatoms. The molecule has 0 radical (unpaired) electrons. The minimum Gasteiger partial charge on any atom is -0.612 e. The number of aromatic nitrogens is 1. The largest absolute Gasteiger partial charge is 0.612 e. The Morgan fingerprint density at radius 2 is 1.79 bits per heavy atom. The first-order chi connectivity index (χ1) is 15.7. The van der Waals surface area contributed by atoms with Crippen molar-refractivity contribution >= 4 is 28.5 Å². The number of anilines is 2. The van der Waals surface area contributed by atoms with Crippen LogP contribution in [0, 0.1) is 0 Å². The number of fused-ring (bicyclic) bond motifs is 1. The molecule has 1 N–H and O–H groups in total. The van der Waals surface area contributed by atoms with Crippen molar-refractivity contribution < 1.29 is 14.1 Å². The number of carbonyl (C=O) groups excluding carboxylic acids is 1. The number of nitrogens with zero attached hydrogens (tertiary/aromatic N) is 2. The van der Waals surface area contributed by atoms with Crippen LogP contribution in [0.1, 0.15) is 42.4 Å². The van der Waals surface area contributed by atoms with Gasteiger partial charge < -0.3 is 19.5 Å². The number of benzene rings is 2. The van der Waals surface area contributed by atoms with E-state index in [9.17, 15) is 9.35 Å². The van der Waals surface area contributed by atoms with Crippen LogP contribution in [0.4, 0.5) is 11.4 Å². The molecule has 2 aromatic carbocycles. The Morgan fingerprint density at radius 1 is 1.09 bits per heavy atom. The molecule has 0 saturated heterocycles. The highest BCUT2D eigenvalue weighted by atomic mass is 32.2. The van der Waals surface area contributed by atoms with E-state index in [2.05, 4.69) is 60.2 Å². The van der Waals surface area contributed by atoms with E-state index in [1.54, 1.807) is 12.3 Å². The fraction of sp³-hybridized carbons (Fsp3) is 0.308. The fourth-order valence-electron chi connectivity index (χ4n) is 3.71. The molecule has 3 aromatic rings. The zero-order valence-electron chi connectivity index (χ0n) is 19.4. The summed E-state index contributed by atoms with van der Waals surface area (Å²) in [5, 5.41) is 2.89. The van der Waals surface area contributed by atoms with Gasteiger partial charge in [0.1, 0.15) is 24.2 Å². The van der Waals surface area contributed by atoms with Gasteiger partial charge in [-0.1, -0.05) is 45.0 Å². The molecule has 0 bridgehead atoms. The van der Waals surface area contributed by atoms with E-state index >= 15 is 0 Å². The van der Waals surface area contributed by atoms with Crippen LogP contribution in [0.2, 0.25) is 0 Å². The molecule has 6 nitrogen and oxygen atoms in total. The quantitative estimate of drug-likeness (QED) is 0.561. The summed E-state index contributed by atoms with van der Waals surface area (Å²) in [5.41, 5.74) is 4.54. The first kappa shape index (κ1) is 23.1. The van der Waals surface area contributed by atoms with E-state index in [-0.39, 0.29) is 11.3 Å². The van der Waals surface area contributed by atoms with Crippen LogP contribution in [0.3, 0.4) is 0 Å². The van der Waals surface area contributed by atoms with Gasteiger partial charge in [-0.25, -0.2) is 4.98 Å². The minimum atomic E-state index is -1.02. The summed E-state index contributed by atoms with van der Waals surface area (Å²) in [6, 6.07) is 19.5. The van der Waals surface area contributed by atoms with Crippen molar-refractivity contribution in [2.75, 3.05) is 24.3 Å². The molecule has 0 fully saturated rings. The van der Waals surface area contributed by atoms with Gasteiger partial charge in [-0.2, -0.15) is 0 Å². The van der Waals surface area contributed by atoms with Crippen molar-refractivity contribution in [3.05, 3.63) is 77.5 Å². The normalized spacial score (nSPS) is 14.3. The summed E-state index contributed by atoms with van der Waals surface area (Å²) >= 11 is -1.02. The van der Waals surface area contributed by atoms with Crippen LogP contribution in [-0.2, 0) is 23.1 Å².